The highest BCUT2D eigenvalue weighted by Gasteiger charge is 2.35. The van der Waals surface area contributed by atoms with Gasteiger partial charge in [-0.1, -0.05) is 24.3 Å². The molecule has 0 radical (unpaired) electrons. The molecule has 0 bridgehead atoms. The van der Waals surface area contributed by atoms with Gasteiger partial charge in [-0.05, 0) is 42.0 Å². The van der Waals surface area contributed by atoms with Gasteiger partial charge in [0.25, 0.3) is 0 Å². The van der Waals surface area contributed by atoms with Gasteiger partial charge < -0.3 is 9.52 Å². The van der Waals surface area contributed by atoms with Gasteiger partial charge in [0.05, 0.1) is 18.0 Å². The van der Waals surface area contributed by atoms with Crippen LogP contribution in [0, 0.1) is 5.82 Å². The lowest BCUT2D eigenvalue weighted by atomic mass is 9.98. The normalized spacial score (nSPS) is 16.6. The first-order valence-corrected chi connectivity index (χ1v) is 8.12. The highest BCUT2D eigenvalue weighted by molar-refractivity contribution is 6.06. The maximum absolute atomic E-state index is 13.7. The fourth-order valence-corrected chi connectivity index (χ4v) is 3.06. The SMILES string of the molecule is O=C(c1ccco1)N1N=C(c2ccccc2O)C[C@@H]1c1cccc(F)c1. The van der Waals surface area contributed by atoms with Gasteiger partial charge in [0, 0.05) is 12.0 Å². The Morgan fingerprint density at radius 2 is 2.00 bits per heavy atom. The van der Waals surface area contributed by atoms with Crippen molar-refractivity contribution in [3.63, 3.8) is 0 Å². The molecule has 0 aliphatic carbocycles. The molecule has 0 saturated carbocycles. The lowest BCUT2D eigenvalue weighted by molar-refractivity contribution is 0.0678. The maximum Gasteiger partial charge on any atom is 0.310 e. The Kier molecular flexibility index (Phi) is 4.01. The van der Waals surface area contributed by atoms with Crippen molar-refractivity contribution in [3.8, 4) is 5.75 Å². The predicted octanol–water partition coefficient (Wildman–Crippen LogP) is 4.12. The maximum atomic E-state index is 13.7. The molecule has 3 aromatic rings. The topological polar surface area (TPSA) is 66.0 Å². The van der Waals surface area contributed by atoms with Gasteiger partial charge in [-0.2, -0.15) is 5.10 Å². The zero-order chi connectivity index (χ0) is 18.1. The number of nitrogens with zero attached hydrogens (tertiary/aromatic N) is 2. The average Bonchev–Trinajstić information content (AvgIpc) is 3.32. The number of hydrogen-bond donors (Lipinski definition) is 1. The van der Waals surface area contributed by atoms with Crippen molar-refractivity contribution >= 4 is 11.6 Å². The Bertz CT molecular complexity index is 982. The van der Waals surface area contributed by atoms with Crippen molar-refractivity contribution in [1.82, 2.24) is 5.01 Å². The number of para-hydroxylation sites is 1. The van der Waals surface area contributed by atoms with E-state index in [-0.39, 0.29) is 17.3 Å². The van der Waals surface area contributed by atoms with Gasteiger partial charge in [-0.15, -0.1) is 0 Å². The number of hydrazone groups is 1. The van der Waals surface area contributed by atoms with Crippen LogP contribution >= 0.6 is 0 Å². The molecule has 26 heavy (non-hydrogen) atoms. The molecule has 2 aromatic carbocycles. The summed E-state index contributed by atoms with van der Waals surface area (Å²) in [4.78, 5) is 12.8. The second kappa shape index (κ2) is 6.48. The zero-order valence-electron chi connectivity index (χ0n) is 13.7. The summed E-state index contributed by atoms with van der Waals surface area (Å²) in [6.45, 7) is 0. The molecule has 1 aliphatic rings. The van der Waals surface area contributed by atoms with Crippen LogP contribution in [-0.2, 0) is 0 Å². The fraction of sp³-hybridized carbons (Fsp3) is 0.100. The number of halogens is 1. The van der Waals surface area contributed by atoms with E-state index in [4.69, 9.17) is 4.42 Å². The number of benzene rings is 2. The van der Waals surface area contributed by atoms with Crippen LogP contribution in [0.1, 0.15) is 34.1 Å². The quantitative estimate of drug-likeness (QED) is 0.773. The minimum atomic E-state index is -0.488. The van der Waals surface area contributed by atoms with E-state index in [1.54, 1.807) is 48.5 Å². The Labute approximate surface area is 149 Å². The van der Waals surface area contributed by atoms with Gasteiger partial charge in [-0.3, -0.25) is 4.79 Å². The molecule has 1 aliphatic heterocycles. The largest absolute Gasteiger partial charge is 0.507 e. The Morgan fingerprint density at radius 1 is 1.15 bits per heavy atom. The number of carbonyl (C=O) groups excluding carboxylic acids is 1. The van der Waals surface area contributed by atoms with Crippen LogP contribution in [0.2, 0.25) is 0 Å². The van der Waals surface area contributed by atoms with Crippen molar-refractivity contribution in [2.75, 3.05) is 0 Å². The lowest BCUT2D eigenvalue weighted by Crippen LogP contribution is -2.26. The molecule has 4 rings (SSSR count). The average molecular weight is 350 g/mol. The molecular weight excluding hydrogens is 335 g/mol. The first kappa shape index (κ1) is 16.1. The third-order valence-electron chi connectivity index (χ3n) is 4.30. The predicted molar refractivity (Wildman–Crippen MR) is 93.3 cm³/mol. The van der Waals surface area contributed by atoms with E-state index < -0.39 is 11.9 Å². The molecule has 6 heteroatoms. The minimum Gasteiger partial charge on any atom is -0.507 e. The van der Waals surface area contributed by atoms with Gasteiger partial charge in [0.1, 0.15) is 11.6 Å². The molecule has 0 spiro atoms. The van der Waals surface area contributed by atoms with E-state index in [1.807, 2.05) is 0 Å². The highest BCUT2D eigenvalue weighted by atomic mass is 19.1. The molecule has 0 unspecified atom stereocenters. The molecule has 2 heterocycles. The molecule has 5 nitrogen and oxygen atoms in total. The molecule has 0 fully saturated rings. The smallest absolute Gasteiger partial charge is 0.310 e. The Morgan fingerprint density at radius 3 is 2.73 bits per heavy atom. The van der Waals surface area contributed by atoms with Crippen molar-refractivity contribution < 1.29 is 18.7 Å². The van der Waals surface area contributed by atoms with Gasteiger partial charge in [0.15, 0.2) is 5.76 Å². The van der Waals surface area contributed by atoms with Crippen molar-refractivity contribution in [1.29, 1.82) is 0 Å². The number of amides is 1. The number of rotatable bonds is 3. The third-order valence-corrected chi connectivity index (χ3v) is 4.30. The first-order chi connectivity index (χ1) is 12.6. The van der Waals surface area contributed by atoms with E-state index in [0.29, 0.717) is 23.3 Å². The summed E-state index contributed by atoms with van der Waals surface area (Å²) >= 11 is 0. The summed E-state index contributed by atoms with van der Waals surface area (Å²) in [5, 5.41) is 15.8. The zero-order valence-corrected chi connectivity index (χ0v) is 13.7. The van der Waals surface area contributed by atoms with Crippen molar-refractivity contribution in [3.05, 3.63) is 89.6 Å². The van der Waals surface area contributed by atoms with Crippen LogP contribution in [-0.4, -0.2) is 21.7 Å². The lowest BCUT2D eigenvalue weighted by Gasteiger charge is -2.21. The number of hydrogen-bond acceptors (Lipinski definition) is 4. The van der Waals surface area contributed by atoms with Crippen LogP contribution in [0.15, 0.2) is 76.4 Å². The summed E-state index contributed by atoms with van der Waals surface area (Å²) in [5.74, 6) is -0.580. The molecule has 1 amide bonds. The van der Waals surface area contributed by atoms with E-state index >= 15 is 0 Å². The highest BCUT2D eigenvalue weighted by Crippen LogP contribution is 2.35. The Balaban J connectivity index is 1.76. The monoisotopic (exact) mass is 350 g/mol. The number of carbonyl (C=O) groups is 1. The third kappa shape index (κ3) is 2.86. The van der Waals surface area contributed by atoms with E-state index in [1.165, 1.54) is 23.4 Å². The minimum absolute atomic E-state index is 0.0801. The van der Waals surface area contributed by atoms with Gasteiger partial charge >= 0.3 is 5.91 Å². The van der Waals surface area contributed by atoms with Crippen LogP contribution in [0.25, 0.3) is 0 Å². The summed E-state index contributed by atoms with van der Waals surface area (Å²) in [5.41, 5.74) is 1.72. The molecule has 0 saturated heterocycles. The summed E-state index contributed by atoms with van der Waals surface area (Å²) < 4.78 is 18.9. The standard InChI is InChI=1S/C20H15FN2O3/c21-14-6-3-5-13(11-14)17-12-16(15-7-1-2-8-18(15)24)22-23(17)20(25)19-9-4-10-26-19/h1-11,17,24H,12H2/t17-/m1/s1. The van der Waals surface area contributed by atoms with Crippen molar-refractivity contribution in [2.45, 2.75) is 12.5 Å². The second-order valence-corrected chi connectivity index (χ2v) is 5.97. The van der Waals surface area contributed by atoms with Gasteiger partial charge in [-0.25, -0.2) is 9.40 Å². The number of phenolic OH excluding ortho intramolecular Hbond substituents is 1. The van der Waals surface area contributed by atoms with Crippen LogP contribution in [0.3, 0.4) is 0 Å². The molecular formula is C20H15FN2O3. The van der Waals surface area contributed by atoms with Crippen LogP contribution in [0.5, 0.6) is 5.75 Å². The summed E-state index contributed by atoms with van der Waals surface area (Å²) in [6, 6.07) is 15.6. The summed E-state index contributed by atoms with van der Waals surface area (Å²) in [7, 11) is 0. The molecule has 1 atom stereocenters. The number of aromatic hydroxyl groups is 1. The van der Waals surface area contributed by atoms with E-state index in [0.717, 1.165) is 0 Å². The van der Waals surface area contributed by atoms with Gasteiger partial charge in [0.2, 0.25) is 0 Å². The van der Waals surface area contributed by atoms with E-state index in [2.05, 4.69) is 5.10 Å². The summed E-state index contributed by atoms with van der Waals surface area (Å²) in [6.07, 6.45) is 1.77. The number of phenols is 1. The molecule has 130 valence electrons. The fourth-order valence-electron chi connectivity index (χ4n) is 3.06. The van der Waals surface area contributed by atoms with E-state index in [9.17, 15) is 14.3 Å². The first-order valence-electron chi connectivity index (χ1n) is 8.12. The van der Waals surface area contributed by atoms with Crippen LogP contribution < -0.4 is 0 Å². The molecule has 1 aromatic heterocycles. The number of furan rings is 1. The Hall–Kier alpha value is -3.41. The molecule has 1 N–H and O–H groups in total. The van der Waals surface area contributed by atoms with Crippen LogP contribution in [0.4, 0.5) is 4.39 Å². The second-order valence-electron chi connectivity index (χ2n) is 5.97. The van der Waals surface area contributed by atoms with Crippen molar-refractivity contribution in [2.24, 2.45) is 5.10 Å².